The molecule has 0 aliphatic rings. The van der Waals surface area contributed by atoms with Crippen molar-refractivity contribution in [2.45, 2.75) is 43.4 Å². The Morgan fingerprint density at radius 2 is 1.27 bits per heavy atom. The molecule has 4 atom stereocenters. The molecule has 0 aliphatic heterocycles. The SMILES string of the molecule is NC(CS)C(=O)NC(Cc1ccccc1)C(=O)NC(Cc1ccc(O)cc1)C(=O)NC(Cc1c[nH]c2ccccc12)C(=O)O. The van der Waals surface area contributed by atoms with Crippen molar-refractivity contribution in [3.8, 4) is 5.75 Å². The molecule has 0 saturated carbocycles. The van der Waals surface area contributed by atoms with Crippen LogP contribution in [0.3, 0.4) is 0 Å². The predicted molar refractivity (Wildman–Crippen MR) is 169 cm³/mol. The van der Waals surface area contributed by atoms with Crippen molar-refractivity contribution >= 4 is 47.2 Å². The van der Waals surface area contributed by atoms with Crippen LogP contribution in [0.5, 0.6) is 5.75 Å². The number of phenolic OH excluding ortho intramolecular Hbond substituents is 1. The summed E-state index contributed by atoms with van der Waals surface area (Å²) in [6.07, 6.45) is 1.80. The van der Waals surface area contributed by atoms with Crippen LogP contribution in [-0.4, -0.2) is 68.8 Å². The lowest BCUT2D eigenvalue weighted by Gasteiger charge is -2.25. The van der Waals surface area contributed by atoms with E-state index >= 15 is 0 Å². The quantitative estimate of drug-likeness (QED) is 0.0989. The van der Waals surface area contributed by atoms with E-state index in [9.17, 15) is 29.4 Å². The summed E-state index contributed by atoms with van der Waals surface area (Å²) in [5.41, 5.74) is 8.74. The molecule has 4 unspecified atom stereocenters. The number of carboxylic acids is 1. The first-order valence-corrected chi connectivity index (χ1v) is 14.6. The molecule has 230 valence electrons. The number of para-hydroxylation sites is 1. The molecule has 4 aromatic rings. The number of amides is 3. The van der Waals surface area contributed by atoms with Gasteiger partial charge in [0.1, 0.15) is 23.9 Å². The molecule has 11 nitrogen and oxygen atoms in total. The molecule has 0 spiro atoms. The normalized spacial score (nSPS) is 13.8. The Hall–Kier alpha value is -4.81. The number of H-pyrrole nitrogens is 1. The highest BCUT2D eigenvalue weighted by Gasteiger charge is 2.31. The number of phenols is 1. The molecular weight excluding hydrogens is 582 g/mol. The van der Waals surface area contributed by atoms with Gasteiger partial charge in [-0.3, -0.25) is 14.4 Å². The van der Waals surface area contributed by atoms with Crippen LogP contribution in [0.25, 0.3) is 10.9 Å². The number of aromatic nitrogens is 1. The van der Waals surface area contributed by atoms with Crippen molar-refractivity contribution < 1.29 is 29.4 Å². The Morgan fingerprint density at radius 1 is 0.727 bits per heavy atom. The maximum Gasteiger partial charge on any atom is 0.326 e. The molecule has 0 aliphatic carbocycles. The second kappa shape index (κ2) is 15.1. The average Bonchev–Trinajstić information content (AvgIpc) is 3.43. The number of nitrogens with two attached hydrogens (primary N) is 1. The van der Waals surface area contributed by atoms with Gasteiger partial charge in [-0.25, -0.2) is 4.79 Å². The summed E-state index contributed by atoms with van der Waals surface area (Å²) in [4.78, 5) is 55.3. The third-order valence-electron chi connectivity index (χ3n) is 7.17. The largest absolute Gasteiger partial charge is 0.508 e. The van der Waals surface area contributed by atoms with Crippen molar-refractivity contribution in [2.75, 3.05) is 5.75 Å². The first-order valence-electron chi connectivity index (χ1n) is 14.0. The molecule has 3 aromatic carbocycles. The second-order valence-electron chi connectivity index (χ2n) is 10.4. The van der Waals surface area contributed by atoms with E-state index in [2.05, 4.69) is 33.6 Å². The zero-order valence-corrected chi connectivity index (χ0v) is 24.7. The highest BCUT2D eigenvalue weighted by atomic mass is 32.1. The lowest BCUT2D eigenvalue weighted by molar-refractivity contribution is -0.142. The maximum absolute atomic E-state index is 13.7. The molecule has 1 aromatic heterocycles. The van der Waals surface area contributed by atoms with Crippen LogP contribution in [0.2, 0.25) is 0 Å². The van der Waals surface area contributed by atoms with Crippen LogP contribution in [-0.2, 0) is 38.4 Å². The number of benzene rings is 3. The highest BCUT2D eigenvalue weighted by Crippen LogP contribution is 2.19. The van der Waals surface area contributed by atoms with Crippen molar-refractivity contribution in [2.24, 2.45) is 5.73 Å². The summed E-state index contributed by atoms with van der Waals surface area (Å²) in [7, 11) is 0. The lowest BCUT2D eigenvalue weighted by atomic mass is 10.0. The Bertz CT molecular complexity index is 1590. The van der Waals surface area contributed by atoms with Crippen LogP contribution in [0.1, 0.15) is 16.7 Å². The molecule has 4 rings (SSSR count). The van der Waals surface area contributed by atoms with Gasteiger partial charge in [0.05, 0.1) is 6.04 Å². The summed E-state index contributed by atoms with van der Waals surface area (Å²) in [5, 5.41) is 28.5. The summed E-state index contributed by atoms with van der Waals surface area (Å²) in [6, 6.07) is 18.0. The molecule has 0 fully saturated rings. The number of aromatic amines is 1. The third-order valence-corrected chi connectivity index (χ3v) is 7.57. The monoisotopic (exact) mass is 617 g/mol. The average molecular weight is 618 g/mol. The first-order chi connectivity index (χ1) is 21.1. The number of aromatic hydroxyl groups is 1. The molecule has 1 heterocycles. The minimum absolute atomic E-state index is 0.000726. The van der Waals surface area contributed by atoms with Gasteiger partial charge in [-0.05, 0) is 34.9 Å². The van der Waals surface area contributed by atoms with Gasteiger partial charge in [0.15, 0.2) is 0 Å². The van der Waals surface area contributed by atoms with Gasteiger partial charge in [0.25, 0.3) is 0 Å². The minimum atomic E-state index is -1.30. The van der Waals surface area contributed by atoms with E-state index in [-0.39, 0.29) is 30.8 Å². The fraction of sp³-hybridized carbons (Fsp3) is 0.250. The maximum atomic E-state index is 13.7. The van der Waals surface area contributed by atoms with E-state index in [1.54, 1.807) is 42.6 Å². The van der Waals surface area contributed by atoms with Gasteiger partial charge in [0.2, 0.25) is 17.7 Å². The number of thiol groups is 1. The summed E-state index contributed by atoms with van der Waals surface area (Å²) >= 11 is 4.07. The fourth-order valence-corrected chi connectivity index (χ4v) is 4.93. The Labute approximate surface area is 259 Å². The van der Waals surface area contributed by atoms with Crippen LogP contribution in [0.15, 0.2) is 85.1 Å². The van der Waals surface area contributed by atoms with Gasteiger partial charge in [-0.1, -0.05) is 60.7 Å². The minimum Gasteiger partial charge on any atom is -0.508 e. The van der Waals surface area contributed by atoms with Gasteiger partial charge in [-0.2, -0.15) is 12.6 Å². The van der Waals surface area contributed by atoms with Gasteiger partial charge < -0.3 is 36.9 Å². The topological polar surface area (TPSA) is 187 Å². The number of rotatable bonds is 14. The number of carbonyl (C=O) groups is 4. The van der Waals surface area contributed by atoms with Crippen molar-refractivity contribution in [1.29, 1.82) is 0 Å². The highest BCUT2D eigenvalue weighted by molar-refractivity contribution is 7.80. The molecule has 0 radical (unpaired) electrons. The zero-order chi connectivity index (χ0) is 31.6. The molecule has 8 N–H and O–H groups in total. The number of carboxylic acid groups (broad SMARTS) is 1. The number of aliphatic carboxylic acids is 1. The third kappa shape index (κ3) is 8.62. The van der Waals surface area contributed by atoms with Gasteiger partial charge in [0, 0.05) is 42.1 Å². The Morgan fingerprint density at radius 3 is 1.89 bits per heavy atom. The number of carbonyl (C=O) groups excluding carboxylic acids is 3. The van der Waals surface area contributed by atoms with Crippen molar-refractivity contribution in [1.82, 2.24) is 20.9 Å². The molecular formula is C32H35N5O6S. The Balaban J connectivity index is 1.57. The van der Waals surface area contributed by atoms with Gasteiger partial charge >= 0.3 is 5.97 Å². The molecule has 12 heteroatoms. The number of hydrogen-bond acceptors (Lipinski definition) is 7. The van der Waals surface area contributed by atoms with E-state index in [0.29, 0.717) is 11.1 Å². The smallest absolute Gasteiger partial charge is 0.326 e. The molecule has 44 heavy (non-hydrogen) atoms. The standard InChI is InChI=1S/C32H35N5O6S/c33-24(18-44)29(39)35-26(14-19-6-2-1-3-7-19)30(40)36-27(15-20-10-12-22(38)13-11-20)31(41)37-28(32(42)43)16-21-17-34-25-9-5-4-8-23(21)25/h1-13,17,24,26-28,34,38,44H,14-16,18,33H2,(H,35,39)(H,36,40)(H,37,41)(H,42,43). The van der Waals surface area contributed by atoms with Crippen LogP contribution >= 0.6 is 12.6 Å². The van der Waals surface area contributed by atoms with E-state index in [0.717, 1.165) is 16.5 Å². The first kappa shape index (κ1) is 32.1. The molecule has 3 amide bonds. The van der Waals surface area contributed by atoms with Crippen molar-refractivity contribution in [3.63, 3.8) is 0 Å². The van der Waals surface area contributed by atoms with E-state index in [1.165, 1.54) is 12.1 Å². The summed E-state index contributed by atoms with van der Waals surface area (Å²) < 4.78 is 0. The predicted octanol–water partition coefficient (Wildman–Crippen LogP) is 1.70. The van der Waals surface area contributed by atoms with Crippen LogP contribution in [0, 0.1) is 0 Å². The number of fused-ring (bicyclic) bond motifs is 1. The summed E-state index contributed by atoms with van der Waals surface area (Å²) in [5.74, 6) is -3.13. The van der Waals surface area contributed by atoms with Crippen LogP contribution < -0.4 is 21.7 Å². The van der Waals surface area contributed by atoms with E-state index in [1.807, 2.05) is 30.3 Å². The second-order valence-corrected chi connectivity index (χ2v) is 10.8. The lowest BCUT2D eigenvalue weighted by Crippen LogP contribution is -2.58. The number of nitrogens with one attached hydrogen (secondary N) is 4. The van der Waals surface area contributed by atoms with Crippen molar-refractivity contribution in [3.05, 3.63) is 102 Å². The number of hydrogen-bond donors (Lipinski definition) is 8. The van der Waals surface area contributed by atoms with Crippen LogP contribution in [0.4, 0.5) is 0 Å². The molecule has 0 saturated heterocycles. The molecule has 0 bridgehead atoms. The zero-order valence-electron chi connectivity index (χ0n) is 23.8. The van der Waals surface area contributed by atoms with E-state index < -0.39 is 47.9 Å². The summed E-state index contributed by atoms with van der Waals surface area (Å²) in [6.45, 7) is 0. The fourth-order valence-electron chi connectivity index (χ4n) is 4.76. The van der Waals surface area contributed by atoms with E-state index in [4.69, 9.17) is 5.73 Å². The Kier molecular flexibility index (Phi) is 11.0. The van der Waals surface area contributed by atoms with Gasteiger partial charge in [-0.15, -0.1) is 0 Å².